The molecule has 0 aliphatic rings. The lowest BCUT2D eigenvalue weighted by Crippen LogP contribution is -2.14. The smallest absolute Gasteiger partial charge is 0.395 e. The van der Waals surface area contributed by atoms with Gasteiger partial charge in [0.15, 0.2) is 0 Å². The Morgan fingerprint density at radius 2 is 0.912 bits per heavy atom. The van der Waals surface area contributed by atoms with Crippen LogP contribution >= 0.6 is 0 Å². The largest absolute Gasteiger partial charge is 0.519 e. The van der Waals surface area contributed by atoms with Crippen LogP contribution in [0.2, 0.25) is 0 Å². The summed E-state index contributed by atoms with van der Waals surface area (Å²) in [5.41, 5.74) is 6.05. The summed E-state index contributed by atoms with van der Waals surface area (Å²) in [5.74, 6) is 0.864. The molecule has 0 saturated carbocycles. The van der Waals surface area contributed by atoms with Crippen LogP contribution in [0.5, 0.6) is 11.5 Å². The summed E-state index contributed by atoms with van der Waals surface area (Å²) in [6, 6.07) is 43.1. The molecule has 164 valence electrons. The third-order valence-electron chi connectivity index (χ3n) is 5.53. The zero-order valence-electron chi connectivity index (χ0n) is 18.4. The minimum Gasteiger partial charge on any atom is -0.395 e. The van der Waals surface area contributed by atoms with Crippen LogP contribution in [0, 0.1) is 0 Å². The van der Waals surface area contributed by atoms with Gasteiger partial charge in [-0.05, 0) is 52.1 Å². The van der Waals surface area contributed by atoms with Gasteiger partial charge in [-0.25, -0.2) is 4.79 Å². The third-order valence-corrected chi connectivity index (χ3v) is 5.53. The Labute approximate surface area is 198 Å². The molecule has 34 heavy (non-hydrogen) atoms. The second-order valence-electron chi connectivity index (χ2n) is 7.79. The fraction of sp³-hybridized carbons (Fsp3) is 0. The summed E-state index contributed by atoms with van der Waals surface area (Å²) >= 11 is 0. The van der Waals surface area contributed by atoms with Gasteiger partial charge in [0.2, 0.25) is 0 Å². The van der Waals surface area contributed by atoms with Gasteiger partial charge in [0.1, 0.15) is 11.5 Å². The number of hydrogen-bond acceptors (Lipinski definition) is 3. The molecule has 0 N–H and O–H groups in total. The van der Waals surface area contributed by atoms with E-state index in [1.807, 2.05) is 109 Å². The van der Waals surface area contributed by atoms with Gasteiger partial charge in [0.25, 0.3) is 0 Å². The lowest BCUT2D eigenvalue weighted by Gasteiger charge is -2.13. The zero-order valence-corrected chi connectivity index (χ0v) is 18.4. The monoisotopic (exact) mass is 442 g/mol. The number of carbonyl (C=O) groups excluding carboxylic acids is 1. The number of benzene rings is 5. The molecule has 0 fully saturated rings. The van der Waals surface area contributed by atoms with Crippen molar-refractivity contribution in [2.45, 2.75) is 0 Å². The van der Waals surface area contributed by atoms with Gasteiger partial charge in [-0.2, -0.15) is 0 Å². The standard InChI is InChI=1S/C31H22O3/c32-31(33-28-19-16-25(17-20-28)23-10-4-1-5-11-23)34-30-21-18-27(24-12-6-2-7-13-24)22-29(30)26-14-8-3-9-15-26/h1-22H. The van der Waals surface area contributed by atoms with E-state index in [-0.39, 0.29) is 0 Å². The van der Waals surface area contributed by atoms with Gasteiger partial charge in [-0.3, -0.25) is 0 Å². The van der Waals surface area contributed by atoms with Crippen LogP contribution in [0.3, 0.4) is 0 Å². The molecule has 0 aliphatic carbocycles. The minimum atomic E-state index is -0.780. The van der Waals surface area contributed by atoms with Crippen molar-refractivity contribution in [3.8, 4) is 44.9 Å². The average molecular weight is 443 g/mol. The second-order valence-corrected chi connectivity index (χ2v) is 7.79. The molecule has 0 atom stereocenters. The lowest BCUT2D eigenvalue weighted by molar-refractivity contribution is 0.152. The molecule has 0 radical (unpaired) electrons. The molecule has 5 rings (SSSR count). The van der Waals surface area contributed by atoms with Crippen LogP contribution in [-0.4, -0.2) is 6.16 Å². The molecule has 0 amide bonds. The van der Waals surface area contributed by atoms with Gasteiger partial charge in [0.05, 0.1) is 0 Å². The molecule has 5 aromatic rings. The SMILES string of the molecule is O=C(Oc1ccc(-c2ccccc2)cc1)Oc1ccc(-c2ccccc2)cc1-c1ccccc1. The Morgan fingerprint density at radius 3 is 1.50 bits per heavy atom. The first-order valence-corrected chi connectivity index (χ1v) is 11.1. The van der Waals surface area contributed by atoms with Gasteiger partial charge >= 0.3 is 6.16 Å². The lowest BCUT2D eigenvalue weighted by atomic mass is 9.98. The van der Waals surface area contributed by atoms with E-state index in [4.69, 9.17) is 9.47 Å². The summed E-state index contributed by atoms with van der Waals surface area (Å²) in [6.07, 6.45) is -0.780. The molecule has 0 unspecified atom stereocenters. The minimum absolute atomic E-state index is 0.423. The van der Waals surface area contributed by atoms with Crippen molar-refractivity contribution in [1.29, 1.82) is 0 Å². The molecule has 0 bridgehead atoms. The molecule has 0 spiro atoms. The highest BCUT2D eigenvalue weighted by Gasteiger charge is 2.14. The third kappa shape index (κ3) is 4.89. The van der Waals surface area contributed by atoms with Gasteiger partial charge in [-0.15, -0.1) is 0 Å². The van der Waals surface area contributed by atoms with Crippen LogP contribution in [0.25, 0.3) is 33.4 Å². The van der Waals surface area contributed by atoms with E-state index < -0.39 is 6.16 Å². The van der Waals surface area contributed by atoms with Gasteiger partial charge < -0.3 is 9.47 Å². The maximum Gasteiger partial charge on any atom is 0.519 e. The van der Waals surface area contributed by atoms with E-state index in [0.29, 0.717) is 11.5 Å². The first-order chi connectivity index (χ1) is 16.8. The van der Waals surface area contributed by atoms with E-state index in [9.17, 15) is 4.79 Å². The Morgan fingerprint density at radius 1 is 0.441 bits per heavy atom. The molecular formula is C31H22O3. The average Bonchev–Trinajstić information content (AvgIpc) is 2.91. The van der Waals surface area contributed by atoms with E-state index in [0.717, 1.165) is 33.4 Å². The van der Waals surface area contributed by atoms with E-state index >= 15 is 0 Å². The van der Waals surface area contributed by atoms with Crippen LogP contribution in [0.4, 0.5) is 4.79 Å². The molecule has 0 aromatic heterocycles. The zero-order chi connectivity index (χ0) is 23.2. The van der Waals surface area contributed by atoms with Crippen LogP contribution < -0.4 is 9.47 Å². The van der Waals surface area contributed by atoms with Crippen LogP contribution in [0.15, 0.2) is 133 Å². The summed E-state index contributed by atoms with van der Waals surface area (Å²) in [6.45, 7) is 0. The second kappa shape index (κ2) is 9.88. The fourth-order valence-corrected chi connectivity index (χ4v) is 3.83. The summed E-state index contributed by atoms with van der Waals surface area (Å²) < 4.78 is 11.1. The van der Waals surface area contributed by atoms with E-state index in [1.54, 1.807) is 12.1 Å². The predicted molar refractivity (Wildman–Crippen MR) is 136 cm³/mol. The maximum atomic E-state index is 12.6. The summed E-state index contributed by atoms with van der Waals surface area (Å²) in [5, 5.41) is 0. The summed E-state index contributed by atoms with van der Waals surface area (Å²) in [7, 11) is 0. The number of rotatable bonds is 5. The topological polar surface area (TPSA) is 35.5 Å². The van der Waals surface area contributed by atoms with Gasteiger partial charge in [0, 0.05) is 5.56 Å². The normalized spacial score (nSPS) is 10.5. The molecule has 5 aromatic carbocycles. The first-order valence-electron chi connectivity index (χ1n) is 11.1. The van der Waals surface area contributed by atoms with Crippen molar-refractivity contribution in [1.82, 2.24) is 0 Å². The molecule has 0 aliphatic heterocycles. The molecule has 3 heteroatoms. The van der Waals surface area contributed by atoms with Crippen LogP contribution in [0.1, 0.15) is 0 Å². The van der Waals surface area contributed by atoms with Crippen molar-refractivity contribution in [3.63, 3.8) is 0 Å². The fourth-order valence-electron chi connectivity index (χ4n) is 3.83. The quantitative estimate of drug-likeness (QED) is 0.203. The summed E-state index contributed by atoms with van der Waals surface area (Å²) in [4.78, 5) is 12.6. The Kier molecular flexibility index (Phi) is 6.17. The van der Waals surface area contributed by atoms with Crippen LogP contribution in [-0.2, 0) is 0 Å². The van der Waals surface area contributed by atoms with Crippen molar-refractivity contribution in [3.05, 3.63) is 133 Å². The predicted octanol–water partition coefficient (Wildman–Crippen LogP) is 8.27. The Balaban J connectivity index is 1.37. The van der Waals surface area contributed by atoms with Crippen molar-refractivity contribution < 1.29 is 14.3 Å². The highest BCUT2D eigenvalue weighted by Crippen LogP contribution is 2.35. The first kappa shape index (κ1) is 21.2. The molecular weight excluding hydrogens is 420 g/mol. The van der Waals surface area contributed by atoms with E-state index in [1.165, 1.54) is 0 Å². The molecule has 0 heterocycles. The number of hydrogen-bond donors (Lipinski definition) is 0. The van der Waals surface area contributed by atoms with Crippen molar-refractivity contribution in [2.75, 3.05) is 0 Å². The highest BCUT2D eigenvalue weighted by atomic mass is 16.7. The van der Waals surface area contributed by atoms with Crippen molar-refractivity contribution in [2.24, 2.45) is 0 Å². The Hall–Kier alpha value is -4.63. The Bertz CT molecular complexity index is 1380. The number of ether oxygens (including phenoxy) is 2. The maximum absolute atomic E-state index is 12.6. The number of carbonyl (C=O) groups is 1. The molecule has 0 saturated heterocycles. The van der Waals surface area contributed by atoms with Crippen molar-refractivity contribution >= 4 is 6.16 Å². The highest BCUT2D eigenvalue weighted by molar-refractivity contribution is 5.80. The molecule has 3 nitrogen and oxygen atoms in total. The van der Waals surface area contributed by atoms with E-state index in [2.05, 4.69) is 12.1 Å². The van der Waals surface area contributed by atoms with Gasteiger partial charge in [-0.1, -0.05) is 109 Å².